The van der Waals surface area contributed by atoms with Gasteiger partial charge in [0.05, 0.1) is 41.3 Å². The van der Waals surface area contributed by atoms with Crippen molar-refractivity contribution >= 4 is 29.1 Å². The number of aliphatic imine (C=N–C) groups is 3. The average molecular weight is 871 g/mol. The Morgan fingerprint density at radius 2 is 1.53 bits per heavy atom. The van der Waals surface area contributed by atoms with Crippen LogP contribution in [0, 0.1) is 35.5 Å². The van der Waals surface area contributed by atoms with Crippen LogP contribution in [0.4, 0.5) is 0 Å². The molecule has 0 spiro atoms. The van der Waals surface area contributed by atoms with Crippen LogP contribution in [-0.2, 0) is 19.1 Å². The molecule has 0 radical (unpaired) electrons. The first-order valence-corrected chi connectivity index (χ1v) is 24.1. The van der Waals surface area contributed by atoms with Crippen molar-refractivity contribution in [2.45, 2.75) is 146 Å². The summed E-state index contributed by atoms with van der Waals surface area (Å²) in [4.78, 5) is 42.4. The van der Waals surface area contributed by atoms with E-state index in [1.54, 1.807) is 0 Å². The maximum absolute atomic E-state index is 13.6. The molecule has 2 N–H and O–H groups in total. The molecule has 5 aliphatic heterocycles. The smallest absolute Gasteiger partial charge is 0.321 e. The summed E-state index contributed by atoms with van der Waals surface area (Å²) >= 11 is 0. The fourth-order valence-electron chi connectivity index (χ4n) is 10.2. The summed E-state index contributed by atoms with van der Waals surface area (Å²) in [6.07, 6.45) is 22.7. The van der Waals surface area contributed by atoms with Crippen LogP contribution in [-0.4, -0.2) is 47.9 Å². The maximum Gasteiger partial charge on any atom is 0.321 e. The summed E-state index contributed by atoms with van der Waals surface area (Å²) in [7, 11) is 1.33. The summed E-state index contributed by atoms with van der Waals surface area (Å²) in [5.74, 6) is -0.0182. The number of hydrogen-bond donors (Lipinski definition) is 2. The van der Waals surface area contributed by atoms with Gasteiger partial charge < -0.3 is 19.9 Å². The molecular weight excluding hydrogens is 797 g/mol. The van der Waals surface area contributed by atoms with Gasteiger partial charge in [-0.25, -0.2) is 15.0 Å². The van der Waals surface area contributed by atoms with Crippen LogP contribution in [0.15, 0.2) is 131 Å². The number of allylic oxidation sites excluding steroid dienone is 12. The van der Waals surface area contributed by atoms with E-state index < -0.39 is 11.9 Å². The molecule has 0 aromatic heterocycles. The number of aliphatic hydroxyl groups is 1. The topological polar surface area (TPSA) is 122 Å². The number of methoxy groups -OCH3 is 1. The number of nitrogens with zero attached hydrogens (tertiary/aromatic N) is 3. The van der Waals surface area contributed by atoms with E-state index in [9.17, 15) is 14.7 Å². The number of ether oxygens (including phenoxy) is 2. The molecule has 0 amide bonds. The highest BCUT2D eigenvalue weighted by molar-refractivity contribution is 6.24. The molecule has 9 nitrogen and oxygen atoms in total. The van der Waals surface area contributed by atoms with Crippen molar-refractivity contribution in [2.24, 2.45) is 50.5 Å². The van der Waals surface area contributed by atoms with Gasteiger partial charge in [0.15, 0.2) is 0 Å². The lowest BCUT2D eigenvalue weighted by Crippen LogP contribution is -2.25. The second-order valence-electron chi connectivity index (χ2n) is 19.5. The summed E-state index contributed by atoms with van der Waals surface area (Å²) in [5, 5.41) is 15.6. The minimum atomic E-state index is -1.08. The third-order valence-corrected chi connectivity index (χ3v) is 14.3. The van der Waals surface area contributed by atoms with Gasteiger partial charge in [-0.15, -0.1) is 0 Å². The normalized spacial score (nSPS) is 22.8. The Balaban J connectivity index is 1.20. The van der Waals surface area contributed by atoms with Crippen LogP contribution in [0.25, 0.3) is 0 Å². The molecule has 5 atom stereocenters. The van der Waals surface area contributed by atoms with Crippen molar-refractivity contribution in [3.63, 3.8) is 0 Å². The van der Waals surface area contributed by atoms with Crippen LogP contribution in [0.3, 0.4) is 0 Å². The third kappa shape index (κ3) is 10.6. The molecule has 9 heteroatoms. The van der Waals surface area contributed by atoms with Crippen molar-refractivity contribution in [3.8, 4) is 0 Å². The predicted molar refractivity (Wildman–Crippen MR) is 262 cm³/mol. The van der Waals surface area contributed by atoms with Gasteiger partial charge in [0, 0.05) is 46.4 Å². The zero-order valence-electron chi connectivity index (χ0n) is 40.7. The Kier molecular flexibility index (Phi) is 16.1. The lowest BCUT2D eigenvalue weighted by Gasteiger charge is -2.20. The van der Waals surface area contributed by atoms with Crippen molar-refractivity contribution < 1.29 is 24.2 Å². The van der Waals surface area contributed by atoms with Crippen molar-refractivity contribution in [1.29, 1.82) is 0 Å². The van der Waals surface area contributed by atoms with E-state index in [-0.39, 0.29) is 36.6 Å². The number of aliphatic hydroxyl groups excluding tert-OH is 1. The first-order chi connectivity index (χ1) is 30.6. The number of fused-ring (bicyclic) bond motifs is 5. The Morgan fingerprint density at radius 3 is 2.19 bits per heavy atom. The molecule has 6 aliphatic rings. The van der Waals surface area contributed by atoms with Crippen LogP contribution in [0.2, 0.25) is 0 Å². The first kappa shape index (κ1) is 48.4. The molecule has 6 rings (SSSR count). The van der Waals surface area contributed by atoms with E-state index in [0.717, 1.165) is 99.1 Å². The van der Waals surface area contributed by atoms with Gasteiger partial charge in [-0.1, -0.05) is 105 Å². The molecule has 0 aromatic rings. The van der Waals surface area contributed by atoms with Gasteiger partial charge in [-0.05, 0) is 118 Å². The van der Waals surface area contributed by atoms with E-state index in [0.29, 0.717) is 29.0 Å². The summed E-state index contributed by atoms with van der Waals surface area (Å²) in [6, 6.07) is 0. The molecule has 1 fully saturated rings. The molecule has 344 valence electrons. The number of hydrogen-bond acceptors (Lipinski definition) is 9. The van der Waals surface area contributed by atoms with E-state index in [4.69, 9.17) is 24.5 Å². The maximum atomic E-state index is 13.6. The zero-order valence-corrected chi connectivity index (χ0v) is 40.7. The zero-order chi connectivity index (χ0) is 46.4. The monoisotopic (exact) mass is 871 g/mol. The standard InChI is InChI=1S/C55H74N4O5/c1-13-39-35(8)42-28-44-37(10)41(24-25-48(60)64-27-26-34(7)23-17-22-33(6)21-16-20-32(5)19-15-18-31(3)4)52(58-44)50-51(55(62)63-12)54(61)49-38(11)45(59-53(49)50)30-47-40(14-2)36(9)43(57-47)29-46(39)56-42/h13,26,28-33,37,41,51,58,61H,1,14-25,27H2,2-12H3/b34-26-,44-28?,46-29?,47-30?,52-50?/t32?,33?,37-,41-,51?/m0/s1. The average Bonchev–Trinajstić information content (AvgIpc) is 3.99. The SMILES string of the molecule is C=CC1=C(C)C2=NC1=CC1=NC(=CC3=C(C)C4=C(O)C(C(=O)OC)C(=C5NC(=C2)[C@@H](C)[C@@H]5CCC(=O)OC/C=C(/C)CCCC(C)CCCC(C)CCCC(C)C)C4=N3)C(CC)=C1C. The van der Waals surface area contributed by atoms with Gasteiger partial charge >= 0.3 is 11.9 Å². The molecule has 1 saturated heterocycles. The van der Waals surface area contributed by atoms with Crippen LogP contribution < -0.4 is 5.32 Å². The summed E-state index contributed by atoms with van der Waals surface area (Å²) in [6.45, 7) is 26.2. The number of nitrogens with one attached hydrogen (secondary N) is 1. The Morgan fingerprint density at radius 1 is 0.875 bits per heavy atom. The molecule has 0 saturated carbocycles. The van der Waals surface area contributed by atoms with Crippen molar-refractivity contribution in [2.75, 3.05) is 13.7 Å². The van der Waals surface area contributed by atoms with Crippen LogP contribution in [0.5, 0.6) is 0 Å². The lowest BCUT2D eigenvalue weighted by molar-refractivity contribution is -0.144. The van der Waals surface area contributed by atoms with E-state index in [1.807, 2.05) is 38.2 Å². The minimum Gasteiger partial charge on any atom is -0.510 e. The number of carbonyl (C=O) groups excluding carboxylic acids is 2. The molecule has 5 heterocycles. The molecular formula is C55H74N4O5. The highest BCUT2D eigenvalue weighted by Crippen LogP contribution is 2.49. The van der Waals surface area contributed by atoms with Crippen LogP contribution >= 0.6 is 0 Å². The van der Waals surface area contributed by atoms with Crippen molar-refractivity contribution in [3.05, 3.63) is 116 Å². The molecule has 3 unspecified atom stereocenters. The van der Waals surface area contributed by atoms with Gasteiger partial charge in [0.1, 0.15) is 18.3 Å². The largest absolute Gasteiger partial charge is 0.510 e. The lowest BCUT2D eigenvalue weighted by atomic mass is 9.84. The van der Waals surface area contributed by atoms with Crippen LogP contribution in [0.1, 0.15) is 146 Å². The van der Waals surface area contributed by atoms with Gasteiger partial charge in [-0.3, -0.25) is 9.59 Å². The Labute approximate surface area is 383 Å². The van der Waals surface area contributed by atoms with Crippen molar-refractivity contribution in [1.82, 2.24) is 5.32 Å². The van der Waals surface area contributed by atoms with E-state index >= 15 is 0 Å². The predicted octanol–water partition coefficient (Wildman–Crippen LogP) is 13.0. The van der Waals surface area contributed by atoms with Gasteiger partial charge in [-0.2, -0.15) is 0 Å². The fraction of sp³-hybridized carbons (Fsp3) is 0.545. The van der Waals surface area contributed by atoms with E-state index in [2.05, 4.69) is 73.4 Å². The first-order valence-electron chi connectivity index (χ1n) is 24.1. The quantitative estimate of drug-likeness (QED) is 0.0928. The Hall–Kier alpha value is -5.05. The van der Waals surface area contributed by atoms with Gasteiger partial charge in [0.2, 0.25) is 0 Å². The minimum absolute atomic E-state index is 0.0838. The third-order valence-electron chi connectivity index (χ3n) is 14.3. The summed E-state index contributed by atoms with van der Waals surface area (Å²) < 4.78 is 11.1. The Bertz CT molecular complexity index is 2300. The molecule has 1 aliphatic carbocycles. The highest BCUT2D eigenvalue weighted by atomic mass is 16.5. The second kappa shape index (κ2) is 21.3. The highest BCUT2D eigenvalue weighted by Gasteiger charge is 2.49. The number of esters is 2. The summed E-state index contributed by atoms with van der Waals surface area (Å²) in [5.41, 5.74) is 13.3. The second-order valence-corrected chi connectivity index (χ2v) is 19.5. The number of carbonyl (C=O) groups is 2. The molecule has 8 bridgehead atoms. The van der Waals surface area contributed by atoms with E-state index in [1.165, 1.54) is 57.6 Å². The van der Waals surface area contributed by atoms with Gasteiger partial charge in [0.25, 0.3) is 0 Å². The number of rotatable bonds is 20. The molecule has 64 heavy (non-hydrogen) atoms. The molecule has 0 aromatic carbocycles. The fourth-order valence-corrected chi connectivity index (χ4v) is 10.2.